The third kappa shape index (κ3) is 3.92. The number of carbonyl (C=O) groups is 2. The van der Waals surface area contributed by atoms with Crippen molar-refractivity contribution in [3.05, 3.63) is 51.3 Å². The molecule has 2 aromatic heterocycles. The van der Waals surface area contributed by atoms with Gasteiger partial charge >= 0.3 is 11.9 Å². The molecule has 9 heteroatoms. The van der Waals surface area contributed by atoms with Gasteiger partial charge in [-0.2, -0.15) is 0 Å². The summed E-state index contributed by atoms with van der Waals surface area (Å²) < 4.78 is 12.3. The minimum absolute atomic E-state index is 0.0901. The predicted molar refractivity (Wildman–Crippen MR) is 143 cm³/mol. The number of aliphatic hydroxyl groups is 1. The van der Waals surface area contributed by atoms with E-state index >= 15 is 0 Å². The lowest BCUT2D eigenvalue weighted by atomic mass is 9.86. The SMILES string of the molecule is CCCC[Si](C)(C)c1ccc(OC(C)=O)c2cc3c(nc12)-c1cc2c(c(=O)n1C3)COC(=O)[C@]2(O)CC. The molecule has 0 saturated heterocycles. The second-order valence-corrected chi connectivity index (χ2v) is 15.5. The van der Waals surface area contributed by atoms with Crippen LogP contribution in [0.15, 0.2) is 29.1 Å². The first-order valence-corrected chi connectivity index (χ1v) is 16.0. The summed E-state index contributed by atoms with van der Waals surface area (Å²) in [7, 11) is -1.90. The van der Waals surface area contributed by atoms with Gasteiger partial charge in [-0.1, -0.05) is 51.9 Å². The second kappa shape index (κ2) is 8.92. The Morgan fingerprint density at radius 3 is 2.68 bits per heavy atom. The average Bonchev–Trinajstić information content (AvgIpc) is 3.22. The largest absolute Gasteiger partial charge is 0.458 e. The zero-order chi connectivity index (χ0) is 26.7. The van der Waals surface area contributed by atoms with Crippen LogP contribution < -0.4 is 15.5 Å². The molecule has 1 N–H and O–H groups in total. The van der Waals surface area contributed by atoms with Gasteiger partial charge in [-0.3, -0.25) is 9.59 Å². The van der Waals surface area contributed by atoms with Gasteiger partial charge in [-0.25, -0.2) is 9.78 Å². The van der Waals surface area contributed by atoms with Crippen molar-refractivity contribution < 1.29 is 24.2 Å². The minimum atomic E-state index is -1.90. The van der Waals surface area contributed by atoms with E-state index in [4.69, 9.17) is 14.5 Å². The second-order valence-electron chi connectivity index (χ2n) is 10.7. The van der Waals surface area contributed by atoms with Crippen LogP contribution in [0.25, 0.3) is 22.3 Å². The normalized spacial score (nSPS) is 18.3. The molecule has 0 radical (unpaired) electrons. The number of ether oxygens (including phenoxy) is 2. The van der Waals surface area contributed by atoms with Crippen molar-refractivity contribution in [2.24, 2.45) is 0 Å². The molecule has 1 aromatic carbocycles. The molecule has 194 valence electrons. The standard InChI is InChI=1S/C28H32N2O6Si/c1-6-8-11-37(4,5)23-10-9-22(36-16(3)31)18-12-17-14-30-21(24(17)29-25(18)23)13-20-19(26(30)32)15-35-27(33)28(20,34)7-2/h9-10,12-13,34H,6-8,11,14-15H2,1-5H3/t28-/m0/s1. The van der Waals surface area contributed by atoms with Crippen LogP contribution in [0.4, 0.5) is 0 Å². The van der Waals surface area contributed by atoms with Gasteiger partial charge in [0.1, 0.15) is 12.4 Å². The number of hydrogen-bond acceptors (Lipinski definition) is 7. The Hall–Kier alpha value is -3.30. The maximum Gasteiger partial charge on any atom is 0.343 e. The highest BCUT2D eigenvalue weighted by molar-refractivity contribution is 6.91. The molecule has 0 spiro atoms. The van der Waals surface area contributed by atoms with Crippen LogP contribution in [0, 0.1) is 0 Å². The van der Waals surface area contributed by atoms with Crippen molar-refractivity contribution >= 4 is 36.1 Å². The highest BCUT2D eigenvalue weighted by atomic mass is 28.3. The number of unbranched alkanes of at least 4 members (excludes halogenated alkanes) is 1. The average molecular weight is 521 g/mol. The first-order chi connectivity index (χ1) is 17.5. The fraction of sp³-hybridized carbons (Fsp3) is 0.429. The van der Waals surface area contributed by atoms with Crippen LogP contribution in [0.5, 0.6) is 5.75 Å². The molecule has 1 atom stereocenters. The molecule has 37 heavy (non-hydrogen) atoms. The topological polar surface area (TPSA) is 108 Å². The summed E-state index contributed by atoms with van der Waals surface area (Å²) in [4.78, 5) is 42.9. The van der Waals surface area contributed by atoms with E-state index in [1.807, 2.05) is 18.2 Å². The third-order valence-corrected chi connectivity index (χ3v) is 11.2. The number of hydrogen-bond donors (Lipinski definition) is 1. The van der Waals surface area contributed by atoms with E-state index in [1.165, 1.54) is 12.1 Å². The van der Waals surface area contributed by atoms with E-state index in [-0.39, 0.29) is 18.6 Å². The summed E-state index contributed by atoms with van der Waals surface area (Å²) in [5, 5.41) is 13.1. The molecule has 0 fully saturated rings. The Morgan fingerprint density at radius 1 is 1.24 bits per heavy atom. The van der Waals surface area contributed by atoms with Crippen LogP contribution in [0.3, 0.4) is 0 Å². The number of fused-ring (bicyclic) bond motifs is 5. The van der Waals surface area contributed by atoms with E-state index in [9.17, 15) is 19.5 Å². The Morgan fingerprint density at radius 2 is 2.00 bits per heavy atom. The van der Waals surface area contributed by atoms with Crippen LogP contribution in [0.2, 0.25) is 19.1 Å². The lowest BCUT2D eigenvalue weighted by Gasteiger charge is -2.31. The maximum atomic E-state index is 13.5. The number of nitrogens with zero attached hydrogens (tertiary/aromatic N) is 2. The number of carbonyl (C=O) groups excluding carboxylic acids is 2. The van der Waals surface area contributed by atoms with Crippen molar-refractivity contribution in [1.82, 2.24) is 9.55 Å². The predicted octanol–water partition coefficient (Wildman–Crippen LogP) is 3.72. The summed E-state index contributed by atoms with van der Waals surface area (Å²) in [5.74, 6) is -0.704. The summed E-state index contributed by atoms with van der Waals surface area (Å²) in [6, 6.07) is 8.66. The number of cyclic esters (lactones) is 1. The van der Waals surface area contributed by atoms with Crippen LogP contribution in [-0.2, 0) is 33.1 Å². The quantitative estimate of drug-likeness (QED) is 0.235. The van der Waals surface area contributed by atoms with E-state index in [0.29, 0.717) is 34.8 Å². The van der Waals surface area contributed by atoms with Crippen molar-refractivity contribution in [1.29, 1.82) is 0 Å². The molecule has 0 unspecified atom stereocenters. The highest BCUT2D eigenvalue weighted by Crippen LogP contribution is 2.39. The van der Waals surface area contributed by atoms with Crippen LogP contribution >= 0.6 is 0 Å². The van der Waals surface area contributed by atoms with Gasteiger partial charge in [-0.05, 0) is 29.8 Å². The number of aromatic nitrogens is 2. The molecular weight excluding hydrogens is 488 g/mol. The first kappa shape index (κ1) is 25.4. The number of esters is 2. The lowest BCUT2D eigenvalue weighted by molar-refractivity contribution is -0.172. The zero-order valence-electron chi connectivity index (χ0n) is 21.9. The molecular formula is C28H32N2O6Si. The van der Waals surface area contributed by atoms with Crippen LogP contribution in [-0.4, -0.2) is 34.7 Å². The fourth-order valence-electron chi connectivity index (χ4n) is 5.58. The van der Waals surface area contributed by atoms with Gasteiger partial charge in [0.15, 0.2) is 5.60 Å². The molecule has 4 heterocycles. The Bertz CT molecular complexity index is 1530. The summed E-state index contributed by atoms with van der Waals surface area (Å²) in [5.41, 5.74) is 1.22. The molecule has 5 rings (SSSR count). The Balaban J connectivity index is 1.77. The third-order valence-electron chi connectivity index (χ3n) is 7.78. The van der Waals surface area contributed by atoms with Gasteiger partial charge in [-0.15, -0.1) is 0 Å². The Labute approximate surface area is 216 Å². The van der Waals surface area contributed by atoms with Crippen molar-refractivity contribution in [3.63, 3.8) is 0 Å². The molecule has 3 aromatic rings. The van der Waals surface area contributed by atoms with Gasteiger partial charge in [0.2, 0.25) is 0 Å². The van der Waals surface area contributed by atoms with E-state index < -0.39 is 25.6 Å². The Kier molecular flexibility index (Phi) is 6.11. The van der Waals surface area contributed by atoms with Crippen molar-refractivity contribution in [2.75, 3.05) is 0 Å². The van der Waals surface area contributed by atoms with E-state index in [1.54, 1.807) is 17.6 Å². The monoisotopic (exact) mass is 520 g/mol. The molecule has 0 saturated carbocycles. The maximum absolute atomic E-state index is 13.5. The van der Waals surface area contributed by atoms with Gasteiger partial charge in [0.05, 0.1) is 37.1 Å². The minimum Gasteiger partial charge on any atom is -0.458 e. The fourth-order valence-corrected chi connectivity index (χ4v) is 8.46. The number of rotatable bonds is 6. The lowest BCUT2D eigenvalue weighted by Crippen LogP contribution is -2.44. The summed E-state index contributed by atoms with van der Waals surface area (Å²) >= 11 is 0. The number of benzene rings is 1. The number of pyridine rings is 2. The van der Waals surface area contributed by atoms with Gasteiger partial charge < -0.3 is 19.1 Å². The van der Waals surface area contributed by atoms with Gasteiger partial charge in [0.25, 0.3) is 5.56 Å². The van der Waals surface area contributed by atoms with Gasteiger partial charge in [0, 0.05) is 23.4 Å². The first-order valence-electron chi connectivity index (χ1n) is 12.8. The molecule has 2 aliphatic rings. The van der Waals surface area contributed by atoms with E-state index in [2.05, 4.69) is 20.0 Å². The zero-order valence-corrected chi connectivity index (χ0v) is 22.9. The highest BCUT2D eigenvalue weighted by Gasteiger charge is 2.45. The van der Waals surface area contributed by atoms with Crippen LogP contribution in [0.1, 0.15) is 56.7 Å². The van der Waals surface area contributed by atoms with E-state index in [0.717, 1.165) is 35.4 Å². The van der Waals surface area contributed by atoms with Crippen molar-refractivity contribution in [3.8, 4) is 17.1 Å². The molecule has 2 aliphatic heterocycles. The molecule has 0 aliphatic carbocycles. The molecule has 8 nitrogen and oxygen atoms in total. The summed E-state index contributed by atoms with van der Waals surface area (Å²) in [6.45, 7) is 10.0. The van der Waals surface area contributed by atoms with Crippen molar-refractivity contribution in [2.45, 2.75) is 77.9 Å². The summed E-state index contributed by atoms with van der Waals surface area (Å²) in [6.07, 6.45) is 2.31. The smallest absolute Gasteiger partial charge is 0.343 e. The molecule has 0 bridgehead atoms. The molecule has 0 amide bonds.